The lowest BCUT2D eigenvalue weighted by molar-refractivity contribution is -0.135. The van der Waals surface area contributed by atoms with Gasteiger partial charge in [0, 0.05) is 19.5 Å². The van der Waals surface area contributed by atoms with E-state index >= 15 is 0 Å². The highest BCUT2D eigenvalue weighted by Gasteiger charge is 2.20. The number of aryl methyl sites for hydroxylation is 1. The van der Waals surface area contributed by atoms with Crippen molar-refractivity contribution in [2.75, 3.05) is 24.6 Å². The number of nitrogens with one attached hydrogen (secondary N) is 1. The first-order valence-electron chi connectivity index (χ1n) is 8.01. The van der Waals surface area contributed by atoms with Crippen LogP contribution in [-0.2, 0) is 9.59 Å². The van der Waals surface area contributed by atoms with E-state index in [9.17, 15) is 9.59 Å². The lowest BCUT2D eigenvalue weighted by Gasteiger charge is -2.26. The van der Waals surface area contributed by atoms with Gasteiger partial charge in [0.25, 0.3) is 5.91 Å². The van der Waals surface area contributed by atoms with Gasteiger partial charge < -0.3 is 4.90 Å². The molecular formula is C17H25N3O2. The van der Waals surface area contributed by atoms with Gasteiger partial charge in [-0.2, -0.15) is 0 Å². The van der Waals surface area contributed by atoms with E-state index in [-0.39, 0.29) is 18.4 Å². The Balaban J connectivity index is 1.94. The number of hydrogen-bond acceptors (Lipinski definition) is 3. The van der Waals surface area contributed by atoms with Gasteiger partial charge in [0.05, 0.1) is 5.69 Å². The molecule has 0 radical (unpaired) electrons. The van der Waals surface area contributed by atoms with Crippen molar-refractivity contribution in [2.24, 2.45) is 0 Å². The third-order valence-corrected chi connectivity index (χ3v) is 3.93. The molecule has 1 N–H and O–H groups in total. The van der Waals surface area contributed by atoms with Crippen LogP contribution in [0.15, 0.2) is 24.3 Å². The number of amides is 2. The molecule has 1 aromatic carbocycles. The Hall–Kier alpha value is -2.04. The van der Waals surface area contributed by atoms with Gasteiger partial charge in [0.15, 0.2) is 0 Å². The summed E-state index contributed by atoms with van der Waals surface area (Å²) in [6, 6.07) is 8.00. The van der Waals surface area contributed by atoms with Crippen LogP contribution in [0.25, 0.3) is 0 Å². The molecule has 5 nitrogen and oxygen atoms in total. The van der Waals surface area contributed by atoms with Crippen LogP contribution in [0.3, 0.4) is 0 Å². The number of carbonyl (C=O) groups is 2. The molecule has 22 heavy (non-hydrogen) atoms. The summed E-state index contributed by atoms with van der Waals surface area (Å²) >= 11 is 0. The monoisotopic (exact) mass is 303 g/mol. The molecule has 0 aromatic heterocycles. The van der Waals surface area contributed by atoms with Crippen LogP contribution in [0.4, 0.5) is 5.69 Å². The Morgan fingerprint density at radius 3 is 2.64 bits per heavy atom. The zero-order valence-corrected chi connectivity index (χ0v) is 13.5. The lowest BCUT2D eigenvalue weighted by Crippen LogP contribution is -2.48. The second-order valence-electron chi connectivity index (χ2n) is 5.74. The van der Waals surface area contributed by atoms with E-state index in [0.29, 0.717) is 19.5 Å². The number of hydrogen-bond donors (Lipinski definition) is 1. The van der Waals surface area contributed by atoms with Gasteiger partial charge in [-0.15, -0.1) is 0 Å². The highest BCUT2D eigenvalue weighted by molar-refractivity contribution is 5.85. The van der Waals surface area contributed by atoms with Crippen molar-refractivity contribution in [2.45, 2.75) is 39.5 Å². The molecule has 1 aromatic rings. The molecule has 2 amide bonds. The highest BCUT2D eigenvalue weighted by atomic mass is 16.2. The molecule has 5 heteroatoms. The van der Waals surface area contributed by atoms with Crippen molar-refractivity contribution in [3.8, 4) is 0 Å². The van der Waals surface area contributed by atoms with Crippen molar-refractivity contribution >= 4 is 17.5 Å². The van der Waals surface area contributed by atoms with E-state index < -0.39 is 0 Å². The third kappa shape index (κ3) is 4.48. The molecule has 0 atom stereocenters. The number of nitrogens with zero attached hydrogens (tertiary/aromatic N) is 2. The lowest BCUT2D eigenvalue weighted by atomic mass is 10.2. The summed E-state index contributed by atoms with van der Waals surface area (Å²) in [5.74, 6) is -0.0521. The van der Waals surface area contributed by atoms with E-state index in [2.05, 4.69) is 5.43 Å². The van der Waals surface area contributed by atoms with Crippen molar-refractivity contribution in [1.29, 1.82) is 0 Å². The Morgan fingerprint density at radius 1 is 1.23 bits per heavy atom. The van der Waals surface area contributed by atoms with Crippen molar-refractivity contribution in [3.63, 3.8) is 0 Å². The zero-order valence-electron chi connectivity index (χ0n) is 13.5. The molecule has 1 heterocycles. The van der Waals surface area contributed by atoms with Gasteiger partial charge in [-0.3, -0.25) is 20.0 Å². The molecule has 1 saturated heterocycles. The van der Waals surface area contributed by atoms with E-state index in [4.69, 9.17) is 0 Å². The Bertz CT molecular complexity index is 513. The maximum Gasteiger partial charge on any atom is 0.258 e. The summed E-state index contributed by atoms with van der Waals surface area (Å²) < 4.78 is 0. The van der Waals surface area contributed by atoms with E-state index in [1.165, 1.54) is 5.56 Å². The van der Waals surface area contributed by atoms with Gasteiger partial charge in [-0.1, -0.05) is 24.1 Å². The Kier molecular flexibility index (Phi) is 5.81. The first-order chi connectivity index (χ1) is 10.6. The molecule has 1 aliphatic heterocycles. The number of hydrazine groups is 1. The summed E-state index contributed by atoms with van der Waals surface area (Å²) in [7, 11) is 0. The number of rotatable bonds is 5. The van der Waals surface area contributed by atoms with Gasteiger partial charge in [0.1, 0.15) is 6.54 Å². The number of carbonyl (C=O) groups excluding carboxylic acids is 2. The average Bonchev–Trinajstić information content (AvgIpc) is 2.71. The topological polar surface area (TPSA) is 52.7 Å². The number of anilines is 1. The third-order valence-electron chi connectivity index (χ3n) is 3.93. The fourth-order valence-electron chi connectivity index (χ4n) is 2.62. The molecule has 1 aliphatic rings. The summed E-state index contributed by atoms with van der Waals surface area (Å²) in [6.45, 7) is 5.51. The standard InChI is InChI=1S/C17H25N3O2/c1-3-20(15-10-8-14(2)9-11-15)18-16(21)13-19-12-6-4-5-7-17(19)22/h8-11H,3-7,12-13H2,1-2H3,(H,18,21). The second kappa shape index (κ2) is 7.82. The minimum Gasteiger partial charge on any atom is -0.333 e. The smallest absolute Gasteiger partial charge is 0.258 e. The predicted molar refractivity (Wildman–Crippen MR) is 87.4 cm³/mol. The minimum atomic E-state index is -0.141. The molecule has 2 rings (SSSR count). The largest absolute Gasteiger partial charge is 0.333 e. The van der Waals surface area contributed by atoms with Crippen LogP contribution in [-0.4, -0.2) is 36.3 Å². The molecule has 0 saturated carbocycles. The van der Waals surface area contributed by atoms with Crippen LogP contribution in [0.1, 0.15) is 38.2 Å². The molecule has 0 unspecified atom stereocenters. The summed E-state index contributed by atoms with van der Waals surface area (Å²) in [5.41, 5.74) is 5.02. The van der Waals surface area contributed by atoms with Crippen molar-refractivity contribution < 1.29 is 9.59 Å². The van der Waals surface area contributed by atoms with Gasteiger partial charge in [0.2, 0.25) is 5.91 Å². The van der Waals surface area contributed by atoms with Gasteiger partial charge in [-0.25, -0.2) is 0 Å². The second-order valence-corrected chi connectivity index (χ2v) is 5.74. The summed E-state index contributed by atoms with van der Waals surface area (Å²) in [4.78, 5) is 25.8. The van der Waals surface area contributed by atoms with Crippen LogP contribution in [0.2, 0.25) is 0 Å². The maximum absolute atomic E-state index is 12.2. The zero-order chi connectivity index (χ0) is 15.9. The van der Waals surface area contributed by atoms with Crippen molar-refractivity contribution in [3.05, 3.63) is 29.8 Å². The Labute approximate surface area is 132 Å². The molecule has 120 valence electrons. The minimum absolute atomic E-state index is 0.0889. The molecule has 0 spiro atoms. The summed E-state index contributed by atoms with van der Waals surface area (Å²) in [5, 5.41) is 1.81. The van der Waals surface area contributed by atoms with Crippen LogP contribution < -0.4 is 10.4 Å². The summed E-state index contributed by atoms with van der Waals surface area (Å²) in [6.07, 6.45) is 3.53. The average molecular weight is 303 g/mol. The fraction of sp³-hybridized carbons (Fsp3) is 0.529. The number of likely N-dealkylation sites (tertiary alicyclic amines) is 1. The van der Waals surface area contributed by atoms with Gasteiger partial charge >= 0.3 is 0 Å². The first-order valence-corrected chi connectivity index (χ1v) is 8.01. The molecule has 0 aliphatic carbocycles. The maximum atomic E-state index is 12.2. The quantitative estimate of drug-likeness (QED) is 0.849. The molecule has 1 fully saturated rings. The van der Waals surface area contributed by atoms with Crippen LogP contribution >= 0.6 is 0 Å². The Morgan fingerprint density at radius 2 is 1.95 bits per heavy atom. The van der Waals surface area contributed by atoms with E-state index in [0.717, 1.165) is 24.9 Å². The van der Waals surface area contributed by atoms with E-state index in [1.54, 1.807) is 4.90 Å². The number of benzene rings is 1. The predicted octanol–water partition coefficient (Wildman–Crippen LogP) is 2.26. The van der Waals surface area contributed by atoms with Gasteiger partial charge in [-0.05, 0) is 38.8 Å². The fourth-order valence-corrected chi connectivity index (χ4v) is 2.62. The van der Waals surface area contributed by atoms with Crippen molar-refractivity contribution in [1.82, 2.24) is 10.3 Å². The SMILES string of the molecule is CCN(NC(=O)CN1CCCCCC1=O)c1ccc(C)cc1. The van der Waals surface area contributed by atoms with Crippen LogP contribution in [0.5, 0.6) is 0 Å². The van der Waals surface area contributed by atoms with Crippen LogP contribution in [0, 0.1) is 6.92 Å². The van der Waals surface area contributed by atoms with E-state index in [1.807, 2.05) is 43.1 Å². The first kappa shape index (κ1) is 16.3. The highest BCUT2D eigenvalue weighted by Crippen LogP contribution is 2.13. The molecular weight excluding hydrogens is 278 g/mol. The normalized spacial score (nSPS) is 15.4. The molecule has 0 bridgehead atoms.